The fraction of sp³-hybridized carbons (Fsp3) is 0.706. The van der Waals surface area contributed by atoms with Crippen LogP contribution in [-0.2, 0) is 9.31 Å². The van der Waals surface area contributed by atoms with Gasteiger partial charge in [-0.15, -0.1) is 11.8 Å². The van der Waals surface area contributed by atoms with Gasteiger partial charge in [0, 0.05) is 11.3 Å². The minimum atomic E-state index is -0.293. The van der Waals surface area contributed by atoms with Crippen LogP contribution >= 0.6 is 11.8 Å². The molecular weight excluding hydrogens is 293 g/mol. The quantitative estimate of drug-likeness (QED) is 0.598. The van der Waals surface area contributed by atoms with Crippen molar-refractivity contribution < 1.29 is 9.31 Å². The van der Waals surface area contributed by atoms with E-state index < -0.39 is 0 Å². The summed E-state index contributed by atoms with van der Waals surface area (Å²) in [4.78, 5) is 4.44. The second-order valence-electron chi connectivity index (χ2n) is 8.21. The Hall–Kier alpha value is -0.515. The van der Waals surface area contributed by atoms with Gasteiger partial charge in [-0.25, -0.2) is 4.98 Å². The Morgan fingerprint density at radius 1 is 1.14 bits per heavy atom. The summed E-state index contributed by atoms with van der Waals surface area (Å²) in [5.74, 6) is 0. The maximum atomic E-state index is 6.27. The van der Waals surface area contributed by atoms with Crippen LogP contribution in [0.5, 0.6) is 0 Å². The monoisotopic (exact) mass is 321 g/mol. The van der Waals surface area contributed by atoms with Crippen molar-refractivity contribution in [2.24, 2.45) is 5.41 Å². The van der Waals surface area contributed by atoms with Gasteiger partial charge in [0.2, 0.25) is 0 Å². The lowest BCUT2D eigenvalue weighted by Crippen LogP contribution is -2.41. The van der Waals surface area contributed by atoms with Crippen LogP contribution in [0.4, 0.5) is 0 Å². The van der Waals surface area contributed by atoms with Gasteiger partial charge in [-0.1, -0.05) is 26.8 Å². The predicted octanol–water partition coefficient (Wildman–Crippen LogP) is 4.61. The van der Waals surface area contributed by atoms with Crippen molar-refractivity contribution in [1.29, 1.82) is 0 Å². The molecule has 2 rings (SSSR count). The summed E-state index contributed by atoms with van der Waals surface area (Å²) in [5.41, 5.74) is -0.382. The fourth-order valence-electron chi connectivity index (χ4n) is 2.41. The maximum Gasteiger partial charge on any atom is 0.472 e. The summed E-state index contributed by atoms with van der Waals surface area (Å²) >= 11 is 1.75. The Morgan fingerprint density at radius 3 is 2.18 bits per heavy atom. The number of thioether (sulfide) groups is 1. The molecule has 1 unspecified atom stereocenters. The SMILES string of the molecule is CC(C)(C)CC(Sc1ccccn1)B1OC(C)(C)C(C)(C)O1. The first-order chi connectivity index (χ1) is 10.0. The van der Waals surface area contributed by atoms with Gasteiger partial charge in [0.15, 0.2) is 0 Å². The fourth-order valence-corrected chi connectivity index (χ4v) is 3.80. The van der Waals surface area contributed by atoms with Crippen LogP contribution in [0.15, 0.2) is 29.4 Å². The molecule has 0 N–H and O–H groups in total. The van der Waals surface area contributed by atoms with Gasteiger partial charge in [-0.3, -0.25) is 0 Å². The molecule has 122 valence electrons. The van der Waals surface area contributed by atoms with Crippen molar-refractivity contribution in [2.75, 3.05) is 0 Å². The Morgan fingerprint density at radius 2 is 1.73 bits per heavy atom. The molecule has 0 radical (unpaired) electrons. The molecule has 0 amide bonds. The van der Waals surface area contributed by atoms with E-state index in [9.17, 15) is 0 Å². The van der Waals surface area contributed by atoms with Gasteiger partial charge in [0.1, 0.15) is 0 Å². The lowest BCUT2D eigenvalue weighted by atomic mass is 9.75. The minimum Gasteiger partial charge on any atom is -0.402 e. The topological polar surface area (TPSA) is 31.4 Å². The van der Waals surface area contributed by atoms with Gasteiger partial charge >= 0.3 is 7.12 Å². The van der Waals surface area contributed by atoms with Crippen molar-refractivity contribution >= 4 is 18.9 Å². The summed E-state index contributed by atoms with van der Waals surface area (Å²) in [6, 6.07) is 6.01. The highest BCUT2D eigenvalue weighted by Crippen LogP contribution is 2.43. The van der Waals surface area contributed by atoms with Gasteiger partial charge in [0.05, 0.1) is 16.2 Å². The zero-order chi connectivity index (χ0) is 16.6. The molecule has 5 heteroatoms. The molecule has 1 atom stereocenters. The average molecular weight is 321 g/mol. The number of hydrogen-bond acceptors (Lipinski definition) is 4. The largest absolute Gasteiger partial charge is 0.472 e. The summed E-state index contributed by atoms with van der Waals surface area (Å²) in [6.07, 6.45) is 2.84. The molecule has 1 aliphatic rings. The molecule has 1 aromatic rings. The van der Waals surface area contributed by atoms with Crippen LogP contribution in [-0.4, -0.2) is 28.5 Å². The molecular formula is C17H28BNO2S. The molecule has 1 saturated heterocycles. The van der Waals surface area contributed by atoms with Gasteiger partial charge < -0.3 is 9.31 Å². The van der Waals surface area contributed by atoms with Crippen LogP contribution < -0.4 is 0 Å². The lowest BCUT2D eigenvalue weighted by Gasteiger charge is -2.32. The van der Waals surface area contributed by atoms with E-state index in [0.29, 0.717) is 0 Å². The first kappa shape index (κ1) is 17.8. The molecule has 0 aliphatic carbocycles. The standard InChI is InChI=1S/C17H28BNO2S/c1-15(2,3)12-13(22-14-10-8-9-11-19-14)18-20-16(4,5)17(6,7)21-18/h8-11,13H,12H2,1-7H3. The lowest BCUT2D eigenvalue weighted by molar-refractivity contribution is 0.00578. The first-order valence-corrected chi connectivity index (χ1v) is 8.81. The van der Waals surface area contributed by atoms with Gasteiger partial charge in [-0.2, -0.15) is 0 Å². The third-order valence-electron chi connectivity index (χ3n) is 4.30. The second-order valence-corrected chi connectivity index (χ2v) is 9.47. The highest BCUT2D eigenvalue weighted by molar-refractivity contribution is 8.01. The molecule has 0 aromatic carbocycles. The zero-order valence-electron chi connectivity index (χ0n) is 14.8. The third kappa shape index (κ3) is 4.27. The van der Waals surface area contributed by atoms with Crippen molar-refractivity contribution in [3.63, 3.8) is 0 Å². The number of nitrogens with zero attached hydrogens (tertiary/aromatic N) is 1. The Bertz CT molecular complexity index is 483. The predicted molar refractivity (Wildman–Crippen MR) is 94.0 cm³/mol. The summed E-state index contributed by atoms with van der Waals surface area (Å²) in [6.45, 7) is 15.2. The van der Waals surface area contributed by atoms with Crippen LogP contribution in [0.2, 0.25) is 0 Å². The number of rotatable bonds is 4. The van der Waals surface area contributed by atoms with E-state index in [2.05, 4.69) is 53.5 Å². The highest BCUT2D eigenvalue weighted by atomic mass is 32.2. The number of aromatic nitrogens is 1. The molecule has 22 heavy (non-hydrogen) atoms. The first-order valence-electron chi connectivity index (χ1n) is 7.94. The van der Waals surface area contributed by atoms with E-state index in [1.165, 1.54) is 0 Å². The molecule has 3 nitrogen and oxygen atoms in total. The van der Waals surface area contributed by atoms with Crippen LogP contribution in [0.1, 0.15) is 54.9 Å². The van der Waals surface area contributed by atoms with E-state index in [-0.39, 0.29) is 28.9 Å². The number of pyridine rings is 1. The molecule has 1 aromatic heterocycles. The van der Waals surface area contributed by atoms with E-state index in [1.54, 1.807) is 11.8 Å². The molecule has 0 spiro atoms. The summed E-state index contributed by atoms with van der Waals surface area (Å²) < 4.78 is 12.5. The van der Waals surface area contributed by atoms with Crippen LogP contribution in [0.25, 0.3) is 0 Å². The third-order valence-corrected chi connectivity index (χ3v) is 5.47. The van der Waals surface area contributed by atoms with E-state index >= 15 is 0 Å². The Balaban J connectivity index is 2.19. The van der Waals surface area contributed by atoms with Gasteiger partial charge in [-0.05, 0) is 51.7 Å². The average Bonchev–Trinajstić information content (AvgIpc) is 2.57. The van der Waals surface area contributed by atoms with Crippen LogP contribution in [0.3, 0.4) is 0 Å². The highest BCUT2D eigenvalue weighted by Gasteiger charge is 2.54. The Kier molecular flexibility index (Phi) is 5.01. The minimum absolute atomic E-state index is 0.204. The van der Waals surface area contributed by atoms with Crippen LogP contribution in [0, 0.1) is 5.41 Å². The van der Waals surface area contributed by atoms with Crippen molar-refractivity contribution in [2.45, 2.75) is 76.3 Å². The Labute approximate surface area is 139 Å². The van der Waals surface area contributed by atoms with E-state index in [1.807, 2.05) is 24.4 Å². The molecule has 2 heterocycles. The summed E-state index contributed by atoms with van der Waals surface area (Å²) in [7, 11) is -0.212. The summed E-state index contributed by atoms with van der Waals surface area (Å²) in [5, 5.41) is 1.24. The molecule has 0 bridgehead atoms. The maximum absolute atomic E-state index is 6.27. The number of hydrogen-bond donors (Lipinski definition) is 0. The smallest absolute Gasteiger partial charge is 0.402 e. The molecule has 0 saturated carbocycles. The van der Waals surface area contributed by atoms with Crippen molar-refractivity contribution in [1.82, 2.24) is 4.98 Å². The van der Waals surface area contributed by atoms with Gasteiger partial charge in [0.25, 0.3) is 0 Å². The normalized spacial score (nSPS) is 21.9. The van der Waals surface area contributed by atoms with Crippen molar-refractivity contribution in [3.05, 3.63) is 24.4 Å². The van der Waals surface area contributed by atoms with E-state index in [0.717, 1.165) is 11.4 Å². The molecule has 1 aliphatic heterocycles. The molecule has 1 fully saturated rings. The van der Waals surface area contributed by atoms with Crippen molar-refractivity contribution in [3.8, 4) is 0 Å². The van der Waals surface area contributed by atoms with E-state index in [4.69, 9.17) is 9.31 Å². The second kappa shape index (κ2) is 6.18. The zero-order valence-corrected chi connectivity index (χ0v) is 15.7.